The van der Waals surface area contributed by atoms with Crippen LogP contribution in [0.15, 0.2) is 46.9 Å². The molecule has 3 rings (SSSR count). The molecule has 4 heteroatoms. The summed E-state index contributed by atoms with van der Waals surface area (Å²) in [6.45, 7) is 1.05. The molecule has 1 aromatic heterocycles. The first kappa shape index (κ1) is 12.9. The Morgan fingerprint density at radius 2 is 1.78 bits per heavy atom. The van der Waals surface area contributed by atoms with Crippen molar-refractivity contribution < 1.29 is 9.15 Å². The fraction of sp³-hybridized carbons (Fsp3) is 0.143. The van der Waals surface area contributed by atoms with Crippen molar-refractivity contribution in [1.82, 2.24) is 0 Å². The highest BCUT2D eigenvalue weighted by Gasteiger charge is 2.06. The smallest absolute Gasteiger partial charge is 0.135 e. The molecule has 0 saturated heterocycles. The van der Waals surface area contributed by atoms with Gasteiger partial charge in [-0.2, -0.15) is 0 Å². The lowest BCUT2D eigenvalue weighted by molar-refractivity contribution is 0.328. The van der Waals surface area contributed by atoms with Crippen LogP contribution in [0.4, 0.5) is 0 Å². The molecular formula is C14H14BrNO2. The van der Waals surface area contributed by atoms with Crippen molar-refractivity contribution in [3.05, 3.63) is 42.5 Å². The second-order valence-corrected chi connectivity index (χ2v) is 3.89. The summed E-state index contributed by atoms with van der Waals surface area (Å²) in [5.74, 6) is 0.828. The molecule has 94 valence electrons. The Balaban J connectivity index is 0.00000120. The van der Waals surface area contributed by atoms with Gasteiger partial charge in [0.15, 0.2) is 0 Å². The average Bonchev–Trinajstić information content (AvgIpc) is 2.74. The number of benzene rings is 2. The molecule has 0 atom stereocenters. The molecular weight excluding hydrogens is 294 g/mol. The van der Waals surface area contributed by atoms with Gasteiger partial charge in [0, 0.05) is 17.3 Å². The van der Waals surface area contributed by atoms with Crippen LogP contribution >= 0.6 is 17.0 Å². The van der Waals surface area contributed by atoms with Crippen molar-refractivity contribution in [2.24, 2.45) is 5.73 Å². The quantitative estimate of drug-likeness (QED) is 0.805. The Morgan fingerprint density at radius 1 is 1.00 bits per heavy atom. The zero-order chi connectivity index (χ0) is 11.7. The number of fused-ring (bicyclic) bond motifs is 3. The van der Waals surface area contributed by atoms with E-state index in [9.17, 15) is 0 Å². The molecule has 3 nitrogen and oxygen atoms in total. The van der Waals surface area contributed by atoms with Gasteiger partial charge in [0.1, 0.15) is 23.5 Å². The van der Waals surface area contributed by atoms with Crippen LogP contribution in [0.5, 0.6) is 5.75 Å². The summed E-state index contributed by atoms with van der Waals surface area (Å²) in [5, 5.41) is 2.19. The van der Waals surface area contributed by atoms with Crippen LogP contribution in [0.1, 0.15) is 0 Å². The van der Waals surface area contributed by atoms with Gasteiger partial charge in [-0.05, 0) is 24.3 Å². The second kappa shape index (κ2) is 5.42. The van der Waals surface area contributed by atoms with E-state index in [4.69, 9.17) is 14.9 Å². The molecule has 0 aliphatic heterocycles. The van der Waals surface area contributed by atoms with Gasteiger partial charge in [-0.15, -0.1) is 17.0 Å². The summed E-state index contributed by atoms with van der Waals surface area (Å²) in [4.78, 5) is 0. The minimum atomic E-state index is 0. The minimum absolute atomic E-state index is 0. The molecule has 2 aromatic carbocycles. The first-order valence-corrected chi connectivity index (χ1v) is 5.62. The summed E-state index contributed by atoms with van der Waals surface area (Å²) in [7, 11) is 0. The summed E-state index contributed by atoms with van der Waals surface area (Å²) in [6.07, 6.45) is 0. The summed E-state index contributed by atoms with van der Waals surface area (Å²) in [6, 6.07) is 13.8. The Kier molecular flexibility index (Phi) is 3.89. The van der Waals surface area contributed by atoms with E-state index in [2.05, 4.69) is 0 Å². The topological polar surface area (TPSA) is 48.4 Å². The molecule has 0 bridgehead atoms. The van der Waals surface area contributed by atoms with Gasteiger partial charge in [-0.25, -0.2) is 0 Å². The third kappa shape index (κ3) is 2.21. The first-order valence-electron chi connectivity index (χ1n) is 5.62. The number of hydrogen-bond donors (Lipinski definition) is 1. The molecule has 2 N–H and O–H groups in total. The number of hydrogen-bond acceptors (Lipinski definition) is 3. The standard InChI is InChI=1S/C14H13NO2.BrH/c15-7-8-16-10-5-6-14-12(9-10)11-3-1-2-4-13(11)17-14;/h1-6,9H,7-8,15H2;1H. The van der Waals surface area contributed by atoms with Gasteiger partial charge in [0.2, 0.25) is 0 Å². The van der Waals surface area contributed by atoms with Crippen LogP contribution in [0, 0.1) is 0 Å². The van der Waals surface area contributed by atoms with Crippen molar-refractivity contribution in [3.8, 4) is 5.75 Å². The maximum atomic E-state index is 5.73. The molecule has 1 heterocycles. The van der Waals surface area contributed by atoms with E-state index in [1.54, 1.807) is 0 Å². The van der Waals surface area contributed by atoms with E-state index in [-0.39, 0.29) is 17.0 Å². The van der Waals surface area contributed by atoms with E-state index in [1.807, 2.05) is 42.5 Å². The van der Waals surface area contributed by atoms with Crippen LogP contribution < -0.4 is 10.5 Å². The minimum Gasteiger partial charge on any atom is -0.492 e. The van der Waals surface area contributed by atoms with Crippen molar-refractivity contribution in [1.29, 1.82) is 0 Å². The van der Waals surface area contributed by atoms with Crippen molar-refractivity contribution >= 4 is 38.9 Å². The molecule has 3 aromatic rings. The molecule has 18 heavy (non-hydrogen) atoms. The predicted octanol–water partition coefficient (Wildman–Crippen LogP) is 3.50. The van der Waals surface area contributed by atoms with E-state index in [0.717, 1.165) is 27.7 Å². The Labute approximate surface area is 115 Å². The largest absolute Gasteiger partial charge is 0.492 e. The lowest BCUT2D eigenvalue weighted by Gasteiger charge is -2.03. The number of para-hydroxylation sites is 1. The van der Waals surface area contributed by atoms with E-state index in [1.165, 1.54) is 0 Å². The zero-order valence-electron chi connectivity index (χ0n) is 9.76. The summed E-state index contributed by atoms with van der Waals surface area (Å²) >= 11 is 0. The molecule has 0 aliphatic rings. The number of furan rings is 1. The molecule has 0 fully saturated rings. The molecule has 0 unspecified atom stereocenters. The summed E-state index contributed by atoms with van der Waals surface area (Å²) in [5.41, 5.74) is 7.20. The van der Waals surface area contributed by atoms with Gasteiger partial charge in [0.25, 0.3) is 0 Å². The highest BCUT2D eigenvalue weighted by atomic mass is 79.9. The molecule has 0 saturated carbocycles. The Bertz CT molecular complexity index is 663. The van der Waals surface area contributed by atoms with Crippen molar-refractivity contribution in [3.63, 3.8) is 0 Å². The first-order chi connectivity index (χ1) is 8.38. The monoisotopic (exact) mass is 307 g/mol. The van der Waals surface area contributed by atoms with Crippen molar-refractivity contribution in [2.75, 3.05) is 13.2 Å². The molecule has 0 amide bonds. The fourth-order valence-electron chi connectivity index (χ4n) is 1.97. The van der Waals surface area contributed by atoms with Crippen molar-refractivity contribution in [2.45, 2.75) is 0 Å². The number of nitrogens with two attached hydrogens (primary N) is 1. The predicted molar refractivity (Wildman–Crippen MR) is 78.6 cm³/mol. The molecule has 0 radical (unpaired) electrons. The number of halogens is 1. The normalized spacial score (nSPS) is 10.5. The van der Waals surface area contributed by atoms with Gasteiger partial charge in [0.05, 0.1) is 0 Å². The van der Waals surface area contributed by atoms with Gasteiger partial charge in [-0.3, -0.25) is 0 Å². The van der Waals surface area contributed by atoms with E-state index in [0.29, 0.717) is 13.2 Å². The van der Waals surface area contributed by atoms with Gasteiger partial charge >= 0.3 is 0 Å². The highest BCUT2D eigenvalue weighted by Crippen LogP contribution is 2.31. The van der Waals surface area contributed by atoms with Crippen LogP contribution in [-0.2, 0) is 0 Å². The van der Waals surface area contributed by atoms with Crippen LogP contribution in [-0.4, -0.2) is 13.2 Å². The van der Waals surface area contributed by atoms with E-state index < -0.39 is 0 Å². The molecule has 0 spiro atoms. The second-order valence-electron chi connectivity index (χ2n) is 3.89. The van der Waals surface area contributed by atoms with Crippen LogP contribution in [0.25, 0.3) is 21.9 Å². The van der Waals surface area contributed by atoms with Gasteiger partial charge in [-0.1, -0.05) is 18.2 Å². The third-order valence-electron chi connectivity index (χ3n) is 2.73. The number of ether oxygens (including phenoxy) is 1. The van der Waals surface area contributed by atoms with E-state index >= 15 is 0 Å². The lowest BCUT2D eigenvalue weighted by atomic mass is 10.1. The zero-order valence-corrected chi connectivity index (χ0v) is 11.5. The van der Waals surface area contributed by atoms with Crippen LogP contribution in [0.3, 0.4) is 0 Å². The number of rotatable bonds is 3. The Hall–Kier alpha value is -1.52. The maximum absolute atomic E-state index is 5.73. The van der Waals surface area contributed by atoms with Gasteiger partial charge < -0.3 is 14.9 Å². The maximum Gasteiger partial charge on any atom is 0.135 e. The molecule has 0 aliphatic carbocycles. The third-order valence-corrected chi connectivity index (χ3v) is 2.73. The van der Waals surface area contributed by atoms with Crippen LogP contribution in [0.2, 0.25) is 0 Å². The highest BCUT2D eigenvalue weighted by molar-refractivity contribution is 8.93. The fourth-order valence-corrected chi connectivity index (χ4v) is 1.97. The average molecular weight is 308 g/mol. The lowest BCUT2D eigenvalue weighted by Crippen LogP contribution is -2.10. The Morgan fingerprint density at radius 3 is 2.61 bits per heavy atom. The summed E-state index contributed by atoms with van der Waals surface area (Å²) < 4.78 is 11.2. The SMILES string of the molecule is Br.NCCOc1ccc2oc3ccccc3c2c1.